The summed E-state index contributed by atoms with van der Waals surface area (Å²) in [6, 6.07) is 18.0. The minimum atomic E-state index is -0.192. The summed E-state index contributed by atoms with van der Waals surface area (Å²) in [7, 11) is 1.52. The van der Waals surface area contributed by atoms with Gasteiger partial charge in [-0.3, -0.25) is 9.59 Å². The number of benzene rings is 3. The van der Waals surface area contributed by atoms with Gasteiger partial charge >= 0.3 is 0 Å². The van der Waals surface area contributed by atoms with Gasteiger partial charge in [-0.25, -0.2) is 0 Å². The molecule has 0 aliphatic heterocycles. The van der Waals surface area contributed by atoms with Gasteiger partial charge in [0.15, 0.2) is 17.3 Å². The molecule has 0 heterocycles. The zero-order valence-corrected chi connectivity index (χ0v) is 22.8. The van der Waals surface area contributed by atoms with Crippen LogP contribution in [0.2, 0.25) is 0 Å². The highest BCUT2D eigenvalue weighted by atomic mass is 16.5. The highest BCUT2D eigenvalue weighted by Crippen LogP contribution is 2.45. The van der Waals surface area contributed by atoms with E-state index >= 15 is 0 Å². The molecule has 0 saturated heterocycles. The highest BCUT2D eigenvalue weighted by molar-refractivity contribution is 6.06. The number of fused-ring (bicyclic) bond motifs is 1. The fraction of sp³-hybridized carbons (Fsp3) is 0.412. The zero-order valence-electron chi connectivity index (χ0n) is 22.8. The molecule has 0 atom stereocenters. The molecule has 1 N–H and O–H groups in total. The van der Waals surface area contributed by atoms with Gasteiger partial charge in [-0.05, 0) is 77.6 Å². The van der Waals surface area contributed by atoms with E-state index in [2.05, 4.69) is 37.3 Å². The molecule has 0 aromatic heterocycles. The van der Waals surface area contributed by atoms with E-state index in [1.54, 1.807) is 12.1 Å². The fourth-order valence-corrected chi connectivity index (χ4v) is 6.12. The van der Waals surface area contributed by atoms with Crippen LogP contribution >= 0.6 is 0 Å². The number of phenols is 1. The Labute approximate surface area is 226 Å². The van der Waals surface area contributed by atoms with Crippen LogP contribution in [0, 0.1) is 5.41 Å². The van der Waals surface area contributed by atoms with Crippen LogP contribution in [0.15, 0.2) is 60.7 Å². The smallest absolute Gasteiger partial charge is 0.163 e. The monoisotopic (exact) mass is 512 g/mol. The first-order valence-corrected chi connectivity index (χ1v) is 14.0. The van der Waals surface area contributed by atoms with Crippen LogP contribution in [0.25, 0.3) is 16.8 Å². The van der Waals surface area contributed by atoms with Gasteiger partial charge in [0, 0.05) is 18.4 Å². The first-order chi connectivity index (χ1) is 18.4. The number of carbonyl (C=O) groups is 2. The van der Waals surface area contributed by atoms with E-state index in [9.17, 15) is 14.7 Å². The lowest BCUT2D eigenvalue weighted by Gasteiger charge is -2.28. The van der Waals surface area contributed by atoms with Crippen molar-refractivity contribution < 1.29 is 19.4 Å². The molecule has 3 aromatic rings. The lowest BCUT2D eigenvalue weighted by Crippen LogP contribution is -2.16. The molecule has 4 rings (SSSR count). The van der Waals surface area contributed by atoms with Gasteiger partial charge in [0.2, 0.25) is 0 Å². The van der Waals surface area contributed by atoms with Gasteiger partial charge in [0.1, 0.15) is 5.78 Å². The average molecular weight is 513 g/mol. The Morgan fingerprint density at radius 3 is 2.50 bits per heavy atom. The second-order valence-electron chi connectivity index (χ2n) is 10.9. The molecule has 1 fully saturated rings. The molecule has 0 spiro atoms. The molecule has 0 unspecified atom stereocenters. The van der Waals surface area contributed by atoms with E-state index in [0.29, 0.717) is 24.0 Å². The van der Waals surface area contributed by atoms with Gasteiger partial charge in [-0.15, -0.1) is 0 Å². The zero-order chi connectivity index (χ0) is 27.0. The molecule has 1 saturated carbocycles. The van der Waals surface area contributed by atoms with E-state index in [-0.39, 0.29) is 23.7 Å². The van der Waals surface area contributed by atoms with Crippen LogP contribution in [0.1, 0.15) is 87.8 Å². The standard InChI is InChI=1S/C34H40O4/c1-3-16-34(17-6-7-18-34)19-8-11-30(35)24-31(36)15-13-26-22-29(33(37)32(23-26)38-2)21-25-12-14-27-9-4-5-10-28(27)20-25/h4-5,9-10,12-15,20,22-23,37H,3,6-8,11,16-19,21,24H2,1-2H3. The van der Waals surface area contributed by atoms with E-state index in [4.69, 9.17) is 4.74 Å². The molecule has 4 nitrogen and oxygen atoms in total. The number of Topliss-reactive ketones (excluding diaryl/α,β-unsaturated/α-hetero) is 1. The number of rotatable bonds is 13. The maximum absolute atomic E-state index is 12.5. The fourth-order valence-electron chi connectivity index (χ4n) is 6.12. The quantitative estimate of drug-likeness (QED) is 0.185. The Kier molecular flexibility index (Phi) is 9.38. The Morgan fingerprint density at radius 1 is 1.00 bits per heavy atom. The number of ether oxygens (including phenoxy) is 1. The molecule has 0 bridgehead atoms. The van der Waals surface area contributed by atoms with Crippen LogP contribution < -0.4 is 4.74 Å². The van der Waals surface area contributed by atoms with Crippen molar-refractivity contribution in [2.75, 3.05) is 7.11 Å². The molecule has 38 heavy (non-hydrogen) atoms. The number of aromatic hydroxyl groups is 1. The van der Waals surface area contributed by atoms with Crippen LogP contribution in [0.4, 0.5) is 0 Å². The Bertz CT molecular complexity index is 1300. The van der Waals surface area contributed by atoms with E-state index < -0.39 is 0 Å². The summed E-state index contributed by atoms with van der Waals surface area (Å²) in [5, 5.41) is 13.0. The van der Waals surface area contributed by atoms with Crippen molar-refractivity contribution in [3.05, 3.63) is 77.4 Å². The summed E-state index contributed by atoms with van der Waals surface area (Å²) in [6.07, 6.45) is 13.7. The Hall–Kier alpha value is -3.40. The third kappa shape index (κ3) is 7.12. The lowest BCUT2D eigenvalue weighted by molar-refractivity contribution is -0.124. The third-order valence-electron chi connectivity index (χ3n) is 8.04. The van der Waals surface area contributed by atoms with E-state index in [1.165, 1.54) is 57.1 Å². The molecule has 1 aliphatic carbocycles. The SMILES string of the molecule is CCCC1(CCCC(=O)CC(=O)C=Cc2cc(Cc3ccc4ccccc4c3)c(O)c(OC)c2)CCCC1. The summed E-state index contributed by atoms with van der Waals surface area (Å²) in [6.45, 7) is 2.24. The molecule has 3 aromatic carbocycles. The Morgan fingerprint density at radius 2 is 1.76 bits per heavy atom. The van der Waals surface area contributed by atoms with Crippen molar-refractivity contribution in [2.45, 2.75) is 77.6 Å². The topological polar surface area (TPSA) is 63.6 Å². The summed E-state index contributed by atoms with van der Waals surface area (Å²) < 4.78 is 5.39. The average Bonchev–Trinajstić information content (AvgIpc) is 3.37. The molecular weight excluding hydrogens is 472 g/mol. The van der Waals surface area contributed by atoms with Crippen molar-refractivity contribution in [3.63, 3.8) is 0 Å². The van der Waals surface area contributed by atoms with Crippen molar-refractivity contribution in [2.24, 2.45) is 5.41 Å². The van der Waals surface area contributed by atoms with Crippen LogP contribution in [0.3, 0.4) is 0 Å². The number of phenolic OH excluding ortho intramolecular Hbond substituents is 1. The second kappa shape index (κ2) is 12.9. The lowest BCUT2D eigenvalue weighted by atomic mass is 9.77. The number of carbonyl (C=O) groups excluding carboxylic acids is 2. The van der Waals surface area contributed by atoms with Gasteiger partial charge in [-0.2, -0.15) is 0 Å². The maximum Gasteiger partial charge on any atom is 0.163 e. The molecule has 0 radical (unpaired) electrons. The van der Waals surface area contributed by atoms with Gasteiger partial charge in [-0.1, -0.05) is 74.7 Å². The predicted molar refractivity (Wildman–Crippen MR) is 155 cm³/mol. The Balaban J connectivity index is 1.37. The van der Waals surface area contributed by atoms with Gasteiger partial charge in [0.25, 0.3) is 0 Å². The van der Waals surface area contributed by atoms with Crippen molar-refractivity contribution in [1.82, 2.24) is 0 Å². The summed E-state index contributed by atoms with van der Waals surface area (Å²) in [5.41, 5.74) is 2.97. The van der Waals surface area contributed by atoms with Crippen molar-refractivity contribution in [3.8, 4) is 11.5 Å². The normalized spacial score (nSPS) is 14.8. The number of methoxy groups -OCH3 is 1. The van der Waals surface area contributed by atoms with Crippen LogP contribution in [0.5, 0.6) is 11.5 Å². The van der Waals surface area contributed by atoms with Gasteiger partial charge in [0.05, 0.1) is 13.5 Å². The van der Waals surface area contributed by atoms with E-state index in [1.807, 2.05) is 18.2 Å². The summed E-state index contributed by atoms with van der Waals surface area (Å²) in [4.78, 5) is 25.0. The van der Waals surface area contributed by atoms with Gasteiger partial charge < -0.3 is 9.84 Å². The number of ketones is 2. The van der Waals surface area contributed by atoms with Crippen LogP contribution in [-0.2, 0) is 16.0 Å². The van der Waals surface area contributed by atoms with Crippen molar-refractivity contribution in [1.29, 1.82) is 0 Å². The molecule has 4 heteroatoms. The second-order valence-corrected chi connectivity index (χ2v) is 10.9. The minimum absolute atomic E-state index is 0.0181. The number of hydrogen-bond acceptors (Lipinski definition) is 4. The maximum atomic E-state index is 12.5. The van der Waals surface area contributed by atoms with Crippen molar-refractivity contribution >= 4 is 28.4 Å². The first kappa shape index (κ1) is 27.6. The molecular formula is C34H40O4. The molecule has 0 amide bonds. The summed E-state index contributed by atoms with van der Waals surface area (Å²) >= 11 is 0. The first-order valence-electron chi connectivity index (χ1n) is 14.0. The molecule has 1 aliphatic rings. The molecule has 200 valence electrons. The third-order valence-corrected chi connectivity index (χ3v) is 8.04. The number of hydrogen-bond donors (Lipinski definition) is 1. The minimum Gasteiger partial charge on any atom is -0.504 e. The summed E-state index contributed by atoms with van der Waals surface area (Å²) in [5.74, 6) is 0.286. The van der Waals surface area contributed by atoms with E-state index in [0.717, 1.165) is 34.9 Å². The van der Waals surface area contributed by atoms with Crippen LogP contribution in [-0.4, -0.2) is 23.8 Å². The largest absolute Gasteiger partial charge is 0.504 e. The highest BCUT2D eigenvalue weighted by Gasteiger charge is 2.32. The number of allylic oxidation sites excluding steroid dienone is 1. The predicted octanol–water partition coefficient (Wildman–Crippen LogP) is 8.22.